The van der Waals surface area contributed by atoms with Crippen molar-refractivity contribution in [3.8, 4) is 0 Å². The molecule has 0 amide bonds. The number of hydrogen-bond donors (Lipinski definition) is 1. The Balaban J connectivity index is 0.00000289. The first-order valence-corrected chi connectivity index (χ1v) is 12.3. The number of benzene rings is 2. The van der Waals surface area contributed by atoms with Crippen molar-refractivity contribution < 1.29 is 25.6 Å². The second kappa shape index (κ2) is 8.89. The molecule has 11 heteroatoms. The molecule has 4 rings (SSSR count). The highest BCUT2D eigenvalue weighted by Gasteiger charge is 2.26. The summed E-state index contributed by atoms with van der Waals surface area (Å²) in [6.45, 7) is 0. The predicted octanol–water partition coefficient (Wildman–Crippen LogP) is 5.03. The number of sulfonamides is 1. The molecule has 0 aliphatic rings. The molecule has 0 spiro atoms. The van der Waals surface area contributed by atoms with Gasteiger partial charge in [-0.1, -0.05) is 43.3 Å². The number of sulfone groups is 1. The van der Waals surface area contributed by atoms with Gasteiger partial charge in [-0.05, 0) is 30.3 Å². The lowest BCUT2D eigenvalue weighted by Crippen LogP contribution is -2.16. The molecule has 0 fully saturated rings. The third-order valence-electron chi connectivity index (χ3n) is 4.37. The summed E-state index contributed by atoms with van der Waals surface area (Å²) in [5.41, 5.74) is -0.0744. The average Bonchev–Trinajstić information content (AvgIpc) is 3.14. The summed E-state index contributed by atoms with van der Waals surface area (Å²) in [5.74, 6) is -1.64. The van der Waals surface area contributed by atoms with E-state index in [0.717, 1.165) is 12.1 Å². The maximum Gasteiger partial charge on any atom is 0.295 e. The molecule has 0 aliphatic carbocycles. The summed E-state index contributed by atoms with van der Waals surface area (Å²) in [4.78, 5) is 3.08. The molecule has 0 unspecified atom stereocenters. The van der Waals surface area contributed by atoms with Crippen molar-refractivity contribution in [1.29, 1.82) is 0 Å². The molecule has 4 aromatic rings. The Morgan fingerprint density at radius 2 is 1.75 bits per heavy atom. The number of aromatic nitrogens is 1. The lowest BCUT2D eigenvalue weighted by atomic mass is 10.3. The minimum Gasteiger partial charge on any atom is -0.443 e. The zero-order chi connectivity index (χ0) is 22.2. The van der Waals surface area contributed by atoms with E-state index in [4.69, 9.17) is 16.0 Å². The molecule has 2 aromatic heterocycles. The van der Waals surface area contributed by atoms with E-state index in [0.29, 0.717) is 11.0 Å². The number of pyridine rings is 1. The second-order valence-corrected chi connectivity index (χ2v) is 10.6. The van der Waals surface area contributed by atoms with Gasteiger partial charge in [-0.15, -0.1) is 0 Å². The summed E-state index contributed by atoms with van der Waals surface area (Å²) in [6, 6.07) is 14.3. The Morgan fingerprint density at radius 3 is 2.47 bits per heavy atom. The van der Waals surface area contributed by atoms with Crippen LogP contribution in [0.1, 0.15) is 13.0 Å². The van der Waals surface area contributed by atoms with E-state index in [1.54, 1.807) is 24.3 Å². The number of fused-ring (bicyclic) bond motifs is 1. The monoisotopic (exact) mass is 496 g/mol. The maximum absolute atomic E-state index is 13.9. The van der Waals surface area contributed by atoms with Crippen LogP contribution in [-0.2, 0) is 25.6 Å². The Morgan fingerprint density at radius 1 is 1.00 bits per heavy atom. The molecule has 7 nitrogen and oxygen atoms in total. The van der Waals surface area contributed by atoms with Crippen LogP contribution in [0.5, 0.6) is 0 Å². The van der Waals surface area contributed by atoms with Crippen molar-refractivity contribution in [3.05, 3.63) is 83.4 Å². The fraction of sp³-hybridized carbons (Fsp3) is 0.0952. The van der Waals surface area contributed by atoms with Gasteiger partial charge in [0.05, 0.1) is 16.3 Å². The standard InChI is InChI=1S/C20H14ClFN2O5S2.CH4/c21-15-7-8-18(30(25,26)12-14-5-3-9-23-20(14)22)16(11-15)24-31(27,28)19-10-13-4-1-2-6-17(13)29-19;/h1-11,24H,12H2;1H4. The Kier molecular flexibility index (Phi) is 6.59. The molecule has 32 heavy (non-hydrogen) atoms. The molecule has 0 atom stereocenters. The number of para-hydroxylation sites is 1. The second-order valence-electron chi connectivity index (χ2n) is 6.56. The van der Waals surface area contributed by atoms with E-state index in [2.05, 4.69) is 9.71 Å². The van der Waals surface area contributed by atoms with Crippen LogP contribution < -0.4 is 4.72 Å². The molecule has 168 valence electrons. The van der Waals surface area contributed by atoms with Gasteiger partial charge in [-0.3, -0.25) is 4.72 Å². The van der Waals surface area contributed by atoms with Crippen molar-refractivity contribution >= 4 is 48.1 Å². The van der Waals surface area contributed by atoms with Crippen molar-refractivity contribution in [2.75, 3.05) is 4.72 Å². The molecular formula is C21H18ClFN2O5S2. The number of halogens is 2. The van der Waals surface area contributed by atoms with E-state index in [9.17, 15) is 21.2 Å². The van der Waals surface area contributed by atoms with E-state index in [-0.39, 0.29) is 28.6 Å². The molecule has 0 bridgehead atoms. The van der Waals surface area contributed by atoms with Gasteiger partial charge in [-0.25, -0.2) is 13.4 Å². The van der Waals surface area contributed by atoms with Gasteiger partial charge in [0, 0.05) is 28.2 Å². The minimum atomic E-state index is -4.28. The minimum absolute atomic E-state index is 0. The number of rotatable bonds is 6. The third kappa shape index (κ3) is 4.77. The van der Waals surface area contributed by atoms with Crippen LogP contribution >= 0.6 is 11.6 Å². The van der Waals surface area contributed by atoms with Gasteiger partial charge >= 0.3 is 0 Å². The van der Waals surface area contributed by atoms with Crippen LogP contribution in [0.3, 0.4) is 0 Å². The van der Waals surface area contributed by atoms with E-state index >= 15 is 0 Å². The van der Waals surface area contributed by atoms with Crippen molar-refractivity contribution in [3.63, 3.8) is 0 Å². The van der Waals surface area contributed by atoms with E-state index in [1.807, 2.05) is 0 Å². The van der Waals surface area contributed by atoms with Crippen LogP contribution in [0.2, 0.25) is 5.02 Å². The summed E-state index contributed by atoms with van der Waals surface area (Å²) in [6.07, 6.45) is 1.20. The average molecular weight is 497 g/mol. The Labute approximate surface area is 189 Å². The maximum atomic E-state index is 13.9. The lowest BCUT2D eigenvalue weighted by molar-refractivity contribution is 0.484. The number of anilines is 1. The summed E-state index contributed by atoms with van der Waals surface area (Å²) in [7, 11) is -8.44. The molecule has 2 heterocycles. The normalized spacial score (nSPS) is 11.8. The highest BCUT2D eigenvalue weighted by atomic mass is 35.5. The van der Waals surface area contributed by atoms with E-state index in [1.165, 1.54) is 30.5 Å². The van der Waals surface area contributed by atoms with Gasteiger partial charge in [0.2, 0.25) is 11.0 Å². The van der Waals surface area contributed by atoms with Gasteiger partial charge in [0.25, 0.3) is 10.0 Å². The number of furan rings is 1. The van der Waals surface area contributed by atoms with Gasteiger partial charge in [0.1, 0.15) is 5.58 Å². The molecular weight excluding hydrogens is 479 g/mol. The van der Waals surface area contributed by atoms with Crippen LogP contribution in [0.25, 0.3) is 11.0 Å². The third-order valence-corrected chi connectivity index (χ3v) is 7.54. The number of hydrogen-bond acceptors (Lipinski definition) is 6. The Bertz CT molecular complexity index is 1470. The highest BCUT2D eigenvalue weighted by Crippen LogP contribution is 2.31. The van der Waals surface area contributed by atoms with E-state index < -0.39 is 36.7 Å². The first-order valence-electron chi connectivity index (χ1n) is 8.79. The van der Waals surface area contributed by atoms with Gasteiger partial charge in [-0.2, -0.15) is 12.8 Å². The van der Waals surface area contributed by atoms with Gasteiger partial charge < -0.3 is 4.42 Å². The van der Waals surface area contributed by atoms with Crippen molar-refractivity contribution in [2.45, 2.75) is 23.2 Å². The zero-order valence-electron chi connectivity index (χ0n) is 15.6. The van der Waals surface area contributed by atoms with Crippen LogP contribution in [0, 0.1) is 5.95 Å². The fourth-order valence-corrected chi connectivity index (χ4v) is 5.73. The molecule has 0 aliphatic heterocycles. The summed E-state index contributed by atoms with van der Waals surface area (Å²) < 4.78 is 73.1. The van der Waals surface area contributed by atoms with Crippen LogP contribution in [0.15, 0.2) is 81.3 Å². The lowest BCUT2D eigenvalue weighted by Gasteiger charge is -2.13. The molecule has 2 aromatic carbocycles. The molecule has 0 saturated heterocycles. The number of nitrogens with one attached hydrogen (secondary N) is 1. The topological polar surface area (TPSA) is 106 Å². The smallest absolute Gasteiger partial charge is 0.295 e. The van der Waals surface area contributed by atoms with Crippen molar-refractivity contribution in [1.82, 2.24) is 4.98 Å². The van der Waals surface area contributed by atoms with Crippen LogP contribution in [-0.4, -0.2) is 21.8 Å². The fourth-order valence-electron chi connectivity index (χ4n) is 2.95. The quantitative estimate of drug-likeness (QED) is 0.375. The van der Waals surface area contributed by atoms with Crippen LogP contribution in [0.4, 0.5) is 10.1 Å². The largest absolute Gasteiger partial charge is 0.443 e. The first-order chi connectivity index (χ1) is 14.7. The summed E-state index contributed by atoms with van der Waals surface area (Å²) in [5, 5.41) is 0.276. The zero-order valence-corrected chi connectivity index (χ0v) is 18.0. The first kappa shape index (κ1) is 23.7. The predicted molar refractivity (Wildman–Crippen MR) is 120 cm³/mol. The number of nitrogens with zero attached hydrogens (tertiary/aromatic N) is 1. The highest BCUT2D eigenvalue weighted by molar-refractivity contribution is 7.93. The Hall–Kier alpha value is -2.95. The summed E-state index contributed by atoms with van der Waals surface area (Å²) >= 11 is 5.97. The molecule has 0 saturated carbocycles. The SMILES string of the molecule is C.O=S(=O)(Cc1cccnc1F)c1ccc(Cl)cc1NS(=O)(=O)c1cc2ccccc2o1. The van der Waals surface area contributed by atoms with Gasteiger partial charge in [0.15, 0.2) is 9.84 Å². The molecule has 0 radical (unpaired) electrons. The molecule has 1 N–H and O–H groups in total. The van der Waals surface area contributed by atoms with Crippen molar-refractivity contribution in [2.24, 2.45) is 0 Å².